The summed E-state index contributed by atoms with van der Waals surface area (Å²) in [4.78, 5) is 20.5. The number of carbonyl (C=O) groups excluding carboxylic acids is 1. The number of aryl methyl sites for hydroxylation is 1. The van der Waals surface area contributed by atoms with E-state index < -0.39 is 0 Å². The summed E-state index contributed by atoms with van der Waals surface area (Å²) >= 11 is 0. The largest absolute Gasteiger partial charge is 0.446 e. The number of nitrogens with one attached hydrogen (secondary N) is 3. The van der Waals surface area contributed by atoms with Gasteiger partial charge in [0.15, 0.2) is 11.6 Å². The van der Waals surface area contributed by atoms with Crippen LogP contribution in [-0.2, 0) is 9.47 Å². The van der Waals surface area contributed by atoms with Crippen molar-refractivity contribution < 1.29 is 14.3 Å². The number of H-pyrrole nitrogens is 1. The smallest absolute Gasteiger partial charge is 0.407 e. The van der Waals surface area contributed by atoms with Gasteiger partial charge in [0.1, 0.15) is 6.10 Å². The molecule has 1 amide bonds. The molecule has 4 rings (SSSR count). The summed E-state index contributed by atoms with van der Waals surface area (Å²) in [6.07, 6.45) is 5.43. The summed E-state index contributed by atoms with van der Waals surface area (Å²) in [6, 6.07) is 1.98. The fourth-order valence-corrected chi connectivity index (χ4v) is 3.50. The van der Waals surface area contributed by atoms with Crippen molar-refractivity contribution in [1.82, 2.24) is 25.5 Å². The second-order valence-electron chi connectivity index (χ2n) is 7.54. The molecule has 9 heteroatoms. The summed E-state index contributed by atoms with van der Waals surface area (Å²) in [7, 11) is 0. The normalized spacial score (nSPS) is 23.5. The first kappa shape index (κ1) is 17.7. The fourth-order valence-electron chi connectivity index (χ4n) is 3.50. The van der Waals surface area contributed by atoms with Crippen LogP contribution in [0.5, 0.6) is 0 Å². The van der Waals surface area contributed by atoms with Crippen LogP contribution in [0.2, 0.25) is 0 Å². The zero-order chi connectivity index (χ0) is 18.9. The van der Waals surface area contributed by atoms with Crippen molar-refractivity contribution in [3.8, 4) is 0 Å². The van der Waals surface area contributed by atoms with Crippen LogP contribution < -0.4 is 10.6 Å². The van der Waals surface area contributed by atoms with Gasteiger partial charge in [-0.3, -0.25) is 10.1 Å². The molecular weight excluding hydrogens is 348 g/mol. The first-order chi connectivity index (χ1) is 13.0. The van der Waals surface area contributed by atoms with Gasteiger partial charge in [-0.1, -0.05) is 0 Å². The van der Waals surface area contributed by atoms with E-state index in [2.05, 4.69) is 30.8 Å². The molecule has 2 aromatic heterocycles. The lowest BCUT2D eigenvalue weighted by atomic mass is 10.0. The van der Waals surface area contributed by atoms with Crippen LogP contribution in [0.25, 0.3) is 0 Å². The van der Waals surface area contributed by atoms with E-state index in [1.54, 1.807) is 12.4 Å². The number of rotatable bonds is 5. The highest BCUT2D eigenvalue weighted by Gasteiger charge is 2.37. The molecule has 3 heterocycles. The first-order valence-corrected chi connectivity index (χ1v) is 9.17. The van der Waals surface area contributed by atoms with Gasteiger partial charge in [-0.25, -0.2) is 9.78 Å². The van der Waals surface area contributed by atoms with Gasteiger partial charge in [0.2, 0.25) is 0 Å². The van der Waals surface area contributed by atoms with Crippen molar-refractivity contribution in [1.29, 1.82) is 0 Å². The quantitative estimate of drug-likeness (QED) is 0.738. The summed E-state index contributed by atoms with van der Waals surface area (Å²) in [5, 5.41) is 13.5. The van der Waals surface area contributed by atoms with Crippen LogP contribution in [0.3, 0.4) is 0 Å². The number of aromatic nitrogens is 4. The zero-order valence-corrected chi connectivity index (χ0v) is 15.5. The van der Waals surface area contributed by atoms with Crippen molar-refractivity contribution in [3.05, 3.63) is 29.8 Å². The average Bonchev–Trinajstić information content (AvgIpc) is 3.25. The summed E-state index contributed by atoms with van der Waals surface area (Å²) in [6.45, 7) is 4.91. The Bertz CT molecular complexity index is 819. The molecule has 0 bridgehead atoms. The zero-order valence-electron chi connectivity index (χ0n) is 15.5. The minimum absolute atomic E-state index is 0.0819. The van der Waals surface area contributed by atoms with Crippen molar-refractivity contribution in [2.75, 3.05) is 18.5 Å². The third-order valence-corrected chi connectivity index (χ3v) is 5.07. The minimum atomic E-state index is -0.364. The fraction of sp³-hybridized carbons (Fsp3) is 0.556. The Morgan fingerprint density at radius 3 is 2.89 bits per heavy atom. The van der Waals surface area contributed by atoms with Crippen molar-refractivity contribution in [2.24, 2.45) is 0 Å². The topological polar surface area (TPSA) is 114 Å². The van der Waals surface area contributed by atoms with Crippen molar-refractivity contribution in [2.45, 2.75) is 50.7 Å². The van der Waals surface area contributed by atoms with Crippen LogP contribution in [0, 0.1) is 6.92 Å². The van der Waals surface area contributed by atoms with Crippen LogP contribution in [0.15, 0.2) is 18.5 Å². The maximum Gasteiger partial charge on any atom is 0.407 e. The maximum atomic E-state index is 12.1. The van der Waals surface area contributed by atoms with Gasteiger partial charge in [-0.05, 0) is 33.1 Å². The van der Waals surface area contributed by atoms with Gasteiger partial charge in [0.05, 0.1) is 24.4 Å². The molecule has 0 radical (unpaired) electrons. The van der Waals surface area contributed by atoms with Crippen LogP contribution in [0.4, 0.5) is 16.4 Å². The van der Waals surface area contributed by atoms with Crippen molar-refractivity contribution in [3.63, 3.8) is 0 Å². The molecule has 2 atom stereocenters. The number of ether oxygens (including phenoxy) is 2. The van der Waals surface area contributed by atoms with E-state index in [9.17, 15) is 4.79 Å². The molecule has 1 saturated carbocycles. The van der Waals surface area contributed by atoms with E-state index in [1.807, 2.05) is 19.9 Å². The number of hydrogen-bond donors (Lipinski definition) is 3. The van der Waals surface area contributed by atoms with Gasteiger partial charge in [-0.2, -0.15) is 5.10 Å². The molecule has 27 heavy (non-hydrogen) atoms. The minimum Gasteiger partial charge on any atom is -0.446 e. The molecular formula is C18H24N6O3. The van der Waals surface area contributed by atoms with E-state index >= 15 is 0 Å². The van der Waals surface area contributed by atoms with Gasteiger partial charge < -0.3 is 20.1 Å². The summed E-state index contributed by atoms with van der Waals surface area (Å²) < 4.78 is 10.7. The summed E-state index contributed by atoms with van der Waals surface area (Å²) in [5.41, 5.74) is 1.55. The second kappa shape index (κ2) is 7.15. The standard InChI is InChI=1S/C18H24N6O3/c1-11-16(20-6-5-19-11)21-15-8-14(23-24-15)12-3-4-13(7-12)27-17(25)22-18(2)9-26-10-18/h5-6,8,12-13H,3-4,7,9-10H2,1-2H3,(H,22,25)(H2,20,21,23,24)/t12-,13+/m0/s1. The summed E-state index contributed by atoms with van der Waals surface area (Å²) in [5.74, 6) is 1.68. The number of nitrogens with zero attached hydrogens (tertiary/aromatic N) is 3. The molecule has 9 nitrogen and oxygen atoms in total. The highest BCUT2D eigenvalue weighted by Crippen LogP contribution is 2.36. The number of anilines is 2. The Morgan fingerprint density at radius 1 is 1.33 bits per heavy atom. The highest BCUT2D eigenvalue weighted by molar-refractivity contribution is 5.68. The van der Waals surface area contributed by atoms with E-state index in [4.69, 9.17) is 9.47 Å². The first-order valence-electron chi connectivity index (χ1n) is 9.17. The number of alkyl carbamates (subject to hydrolysis) is 1. The average molecular weight is 372 g/mol. The molecule has 144 valence electrons. The van der Waals surface area contributed by atoms with Gasteiger partial charge in [0, 0.05) is 30.1 Å². The molecule has 0 unspecified atom stereocenters. The van der Waals surface area contributed by atoms with Gasteiger partial charge in [0.25, 0.3) is 0 Å². The lowest BCUT2D eigenvalue weighted by molar-refractivity contribution is -0.0635. The SMILES string of the molecule is Cc1nccnc1Nc1cc([C@H]2CC[C@@H](OC(=O)NC3(C)COC3)C2)[nH]n1. The maximum absolute atomic E-state index is 12.1. The number of carbonyl (C=O) groups is 1. The third kappa shape index (κ3) is 4.02. The molecule has 1 aliphatic carbocycles. The van der Waals surface area contributed by atoms with E-state index in [-0.39, 0.29) is 23.7 Å². The lowest BCUT2D eigenvalue weighted by Gasteiger charge is -2.38. The molecule has 2 aromatic rings. The predicted molar refractivity (Wildman–Crippen MR) is 97.9 cm³/mol. The van der Waals surface area contributed by atoms with E-state index in [0.717, 1.165) is 30.7 Å². The monoisotopic (exact) mass is 372 g/mol. The van der Waals surface area contributed by atoms with Crippen molar-refractivity contribution >= 4 is 17.7 Å². The Morgan fingerprint density at radius 2 is 2.15 bits per heavy atom. The van der Waals surface area contributed by atoms with Crippen LogP contribution >= 0.6 is 0 Å². The van der Waals surface area contributed by atoms with E-state index in [0.29, 0.717) is 24.8 Å². The van der Waals surface area contributed by atoms with Gasteiger partial charge >= 0.3 is 6.09 Å². The number of amides is 1. The van der Waals surface area contributed by atoms with Crippen LogP contribution in [-0.4, -0.2) is 51.1 Å². The third-order valence-electron chi connectivity index (χ3n) is 5.07. The molecule has 1 saturated heterocycles. The molecule has 0 spiro atoms. The van der Waals surface area contributed by atoms with Gasteiger partial charge in [-0.15, -0.1) is 0 Å². The Labute approximate surface area is 157 Å². The molecule has 2 fully saturated rings. The Balaban J connectivity index is 1.31. The number of hydrogen-bond acceptors (Lipinski definition) is 7. The second-order valence-corrected chi connectivity index (χ2v) is 7.54. The van der Waals surface area contributed by atoms with Crippen LogP contribution in [0.1, 0.15) is 43.5 Å². The molecule has 1 aliphatic heterocycles. The molecule has 3 N–H and O–H groups in total. The highest BCUT2D eigenvalue weighted by atomic mass is 16.6. The lowest BCUT2D eigenvalue weighted by Crippen LogP contribution is -2.60. The van der Waals surface area contributed by atoms with E-state index in [1.165, 1.54) is 0 Å². The predicted octanol–water partition coefficient (Wildman–Crippen LogP) is 2.40. The number of aromatic amines is 1. The Hall–Kier alpha value is -2.68. The molecule has 2 aliphatic rings. The Kier molecular flexibility index (Phi) is 4.69. The molecule has 0 aromatic carbocycles.